The number of rotatable bonds is 1. The van der Waals surface area contributed by atoms with Crippen LogP contribution in [0, 0.1) is 0 Å². The Kier molecular flexibility index (Phi) is 2.44. The van der Waals surface area contributed by atoms with Crippen molar-refractivity contribution in [2.24, 2.45) is 5.16 Å². The number of benzene rings is 2. The van der Waals surface area contributed by atoms with E-state index in [1.165, 1.54) is 6.08 Å². The molecular formula is C17H11NO3. The number of ketones is 1. The normalized spacial score (nSPS) is 22.5. The summed E-state index contributed by atoms with van der Waals surface area (Å²) in [5.74, 6) is -1.44. The molecule has 1 atom stereocenters. The second-order valence-electron chi connectivity index (χ2n) is 4.86. The standard InChI is InChI=1S/C17H11NO3/c19-15-11-10-12-6-4-5-9-14(12)17(15)20-16(18-21-17)13-7-2-1-3-8-13/h1-11H. The van der Waals surface area contributed by atoms with Crippen LogP contribution in [-0.4, -0.2) is 11.7 Å². The molecule has 0 fully saturated rings. The maximum absolute atomic E-state index is 12.3. The van der Waals surface area contributed by atoms with Gasteiger partial charge in [0.1, 0.15) is 0 Å². The molecule has 0 saturated carbocycles. The number of oxime groups is 1. The van der Waals surface area contributed by atoms with Gasteiger partial charge in [0, 0.05) is 5.56 Å². The SMILES string of the molecule is O=C1C=Cc2ccccc2C12ON=C(c1ccccc1)O2. The van der Waals surface area contributed by atoms with Crippen molar-refractivity contribution in [2.75, 3.05) is 0 Å². The van der Waals surface area contributed by atoms with Gasteiger partial charge in [-0.3, -0.25) is 4.79 Å². The number of nitrogens with zero attached hydrogens (tertiary/aromatic N) is 1. The predicted octanol–water partition coefficient (Wildman–Crippen LogP) is 2.84. The lowest BCUT2D eigenvalue weighted by atomic mass is 9.90. The zero-order chi connectivity index (χ0) is 14.3. The summed E-state index contributed by atoms with van der Waals surface area (Å²) in [6, 6.07) is 16.9. The molecule has 4 heteroatoms. The van der Waals surface area contributed by atoms with Crippen molar-refractivity contribution in [3.05, 3.63) is 77.4 Å². The second-order valence-corrected chi connectivity index (χ2v) is 4.86. The van der Waals surface area contributed by atoms with Crippen LogP contribution >= 0.6 is 0 Å². The highest BCUT2D eigenvalue weighted by atomic mass is 16.8. The first-order chi connectivity index (χ1) is 10.3. The van der Waals surface area contributed by atoms with Crippen molar-refractivity contribution in [3.63, 3.8) is 0 Å². The third kappa shape index (κ3) is 1.69. The van der Waals surface area contributed by atoms with Gasteiger partial charge in [0.05, 0.1) is 5.56 Å². The first-order valence-electron chi connectivity index (χ1n) is 6.62. The van der Waals surface area contributed by atoms with E-state index in [9.17, 15) is 4.79 Å². The Morgan fingerprint density at radius 1 is 0.905 bits per heavy atom. The molecule has 0 bridgehead atoms. The minimum absolute atomic E-state index is 0.268. The summed E-state index contributed by atoms with van der Waals surface area (Å²) >= 11 is 0. The average Bonchev–Trinajstić information content (AvgIpc) is 2.99. The van der Waals surface area contributed by atoms with E-state index in [4.69, 9.17) is 9.57 Å². The van der Waals surface area contributed by atoms with Crippen LogP contribution in [0.25, 0.3) is 6.08 Å². The molecule has 0 radical (unpaired) electrons. The fourth-order valence-corrected chi connectivity index (χ4v) is 2.52. The van der Waals surface area contributed by atoms with Gasteiger partial charge in [-0.15, -0.1) is 0 Å². The van der Waals surface area contributed by atoms with Crippen molar-refractivity contribution >= 4 is 17.8 Å². The molecule has 2 aromatic rings. The molecule has 0 saturated heterocycles. The maximum atomic E-state index is 12.3. The van der Waals surface area contributed by atoms with Crippen molar-refractivity contribution in [2.45, 2.75) is 5.79 Å². The van der Waals surface area contributed by atoms with E-state index in [1.54, 1.807) is 6.08 Å². The Morgan fingerprint density at radius 3 is 2.52 bits per heavy atom. The summed E-state index contributed by atoms with van der Waals surface area (Å²) in [5, 5.41) is 3.97. The van der Waals surface area contributed by atoms with Crippen molar-refractivity contribution < 1.29 is 14.4 Å². The smallest absolute Gasteiger partial charge is 0.368 e. The zero-order valence-electron chi connectivity index (χ0n) is 11.0. The zero-order valence-corrected chi connectivity index (χ0v) is 11.0. The fraction of sp³-hybridized carbons (Fsp3) is 0.0588. The lowest BCUT2D eigenvalue weighted by Crippen LogP contribution is -2.39. The highest BCUT2D eigenvalue weighted by Crippen LogP contribution is 2.39. The Labute approximate surface area is 121 Å². The lowest BCUT2D eigenvalue weighted by molar-refractivity contribution is -0.181. The summed E-state index contributed by atoms with van der Waals surface area (Å²) in [6.45, 7) is 0. The Hall–Kier alpha value is -2.88. The van der Waals surface area contributed by atoms with Gasteiger partial charge in [-0.2, -0.15) is 0 Å². The molecule has 0 N–H and O–H groups in total. The number of fused-ring (bicyclic) bond motifs is 2. The van der Waals surface area contributed by atoms with Gasteiger partial charge in [0.2, 0.25) is 5.78 Å². The summed E-state index contributed by atoms with van der Waals surface area (Å²) < 4.78 is 5.84. The topological polar surface area (TPSA) is 47.9 Å². The van der Waals surface area contributed by atoms with Crippen molar-refractivity contribution in [3.8, 4) is 0 Å². The molecule has 1 aliphatic carbocycles. The Bertz CT molecular complexity index is 780. The molecule has 102 valence electrons. The van der Waals surface area contributed by atoms with E-state index in [0.717, 1.165) is 11.1 Å². The molecule has 0 aromatic heterocycles. The lowest BCUT2D eigenvalue weighted by Gasteiger charge is -2.27. The third-order valence-electron chi connectivity index (χ3n) is 3.57. The molecule has 4 nitrogen and oxygen atoms in total. The van der Waals surface area contributed by atoms with Gasteiger partial charge in [0.25, 0.3) is 5.90 Å². The van der Waals surface area contributed by atoms with Crippen LogP contribution in [-0.2, 0) is 20.2 Å². The van der Waals surface area contributed by atoms with Gasteiger partial charge in [-0.1, -0.05) is 48.5 Å². The fourth-order valence-electron chi connectivity index (χ4n) is 2.52. The molecule has 0 amide bonds. The Morgan fingerprint density at radius 2 is 1.67 bits per heavy atom. The minimum atomic E-state index is -1.49. The highest BCUT2D eigenvalue weighted by Gasteiger charge is 2.52. The Balaban J connectivity index is 1.77. The summed E-state index contributed by atoms with van der Waals surface area (Å²) in [7, 11) is 0. The minimum Gasteiger partial charge on any atom is -0.419 e. The summed E-state index contributed by atoms with van der Waals surface area (Å²) in [4.78, 5) is 17.8. The van der Waals surface area contributed by atoms with Gasteiger partial charge < -0.3 is 9.57 Å². The van der Waals surface area contributed by atoms with E-state index in [2.05, 4.69) is 5.16 Å². The van der Waals surface area contributed by atoms with Gasteiger partial charge in [0.15, 0.2) is 0 Å². The molecule has 1 unspecified atom stereocenters. The number of carbonyl (C=O) groups is 1. The molecule has 21 heavy (non-hydrogen) atoms. The van der Waals surface area contributed by atoms with E-state index < -0.39 is 5.79 Å². The van der Waals surface area contributed by atoms with Crippen LogP contribution in [0.2, 0.25) is 0 Å². The number of hydrogen-bond acceptors (Lipinski definition) is 4. The first kappa shape index (κ1) is 11.9. The van der Waals surface area contributed by atoms with Crippen LogP contribution in [0.5, 0.6) is 0 Å². The molecule has 1 heterocycles. The largest absolute Gasteiger partial charge is 0.419 e. The van der Waals surface area contributed by atoms with E-state index >= 15 is 0 Å². The predicted molar refractivity (Wildman–Crippen MR) is 77.3 cm³/mol. The van der Waals surface area contributed by atoms with Crippen molar-refractivity contribution in [1.82, 2.24) is 0 Å². The summed E-state index contributed by atoms with van der Waals surface area (Å²) in [6.07, 6.45) is 3.22. The maximum Gasteiger partial charge on any atom is 0.368 e. The molecular weight excluding hydrogens is 266 g/mol. The van der Waals surface area contributed by atoms with E-state index in [1.807, 2.05) is 54.6 Å². The van der Waals surface area contributed by atoms with E-state index in [-0.39, 0.29) is 5.78 Å². The van der Waals surface area contributed by atoms with Crippen molar-refractivity contribution in [1.29, 1.82) is 0 Å². The monoisotopic (exact) mass is 277 g/mol. The first-order valence-corrected chi connectivity index (χ1v) is 6.62. The number of carbonyl (C=O) groups excluding carboxylic acids is 1. The molecule has 1 aliphatic heterocycles. The third-order valence-corrected chi connectivity index (χ3v) is 3.57. The van der Waals surface area contributed by atoms with Crippen LogP contribution in [0.15, 0.2) is 65.8 Å². The van der Waals surface area contributed by atoms with Crippen LogP contribution in [0.4, 0.5) is 0 Å². The quantitative estimate of drug-likeness (QED) is 0.805. The summed E-state index contributed by atoms with van der Waals surface area (Å²) in [5.41, 5.74) is 2.34. The molecule has 2 aliphatic rings. The van der Waals surface area contributed by atoms with Gasteiger partial charge >= 0.3 is 5.79 Å². The average molecular weight is 277 g/mol. The molecule has 2 aromatic carbocycles. The number of hydrogen-bond donors (Lipinski definition) is 0. The second kappa shape index (κ2) is 4.31. The van der Waals surface area contributed by atoms with Gasteiger partial charge in [-0.05, 0) is 28.9 Å². The van der Waals surface area contributed by atoms with Crippen LogP contribution < -0.4 is 0 Å². The van der Waals surface area contributed by atoms with E-state index in [0.29, 0.717) is 11.5 Å². The van der Waals surface area contributed by atoms with Crippen LogP contribution in [0.1, 0.15) is 16.7 Å². The number of ether oxygens (including phenoxy) is 1. The molecule has 1 spiro atoms. The highest BCUT2D eigenvalue weighted by molar-refractivity contribution is 6.06. The van der Waals surface area contributed by atoms with Gasteiger partial charge in [-0.25, -0.2) is 0 Å². The van der Waals surface area contributed by atoms with Crippen LogP contribution in [0.3, 0.4) is 0 Å². The molecule has 4 rings (SSSR count).